The minimum Gasteiger partial charge on any atom is -0.394 e. The van der Waals surface area contributed by atoms with Crippen molar-refractivity contribution < 1.29 is 24.8 Å². The number of ether oxygens (including phenoxy) is 2. The van der Waals surface area contributed by atoms with E-state index in [1.165, 1.54) is 0 Å². The van der Waals surface area contributed by atoms with Crippen molar-refractivity contribution >= 4 is 0 Å². The zero-order valence-electron chi connectivity index (χ0n) is 11.6. The van der Waals surface area contributed by atoms with E-state index in [1.807, 2.05) is 13.8 Å². The average molecular weight is 265 g/mol. The Morgan fingerprint density at radius 2 is 1.78 bits per heavy atom. The molecule has 0 aromatic rings. The van der Waals surface area contributed by atoms with E-state index in [0.717, 1.165) is 0 Å². The summed E-state index contributed by atoms with van der Waals surface area (Å²) in [6, 6.07) is 0. The Hall–Kier alpha value is -0.240. The normalized spacial score (nSPS) is 14.2. The summed E-state index contributed by atoms with van der Waals surface area (Å²) in [7, 11) is 0. The van der Waals surface area contributed by atoms with Gasteiger partial charge in [0.15, 0.2) is 0 Å². The van der Waals surface area contributed by atoms with Gasteiger partial charge in [-0.1, -0.05) is 0 Å². The minimum absolute atomic E-state index is 0.176. The minimum atomic E-state index is -0.776. The van der Waals surface area contributed by atoms with Gasteiger partial charge in [0.25, 0.3) is 0 Å². The molecule has 0 bridgehead atoms. The zero-order chi connectivity index (χ0) is 14.0. The number of aliphatic hydroxyl groups excluding tert-OH is 3. The number of nitrogens with one attached hydrogen (secondary N) is 1. The van der Waals surface area contributed by atoms with Crippen molar-refractivity contribution in [2.75, 3.05) is 39.6 Å². The molecule has 6 heteroatoms. The third kappa shape index (κ3) is 8.79. The Labute approximate surface area is 109 Å². The molecular formula is C12H27NO5. The maximum atomic E-state index is 9.62. The van der Waals surface area contributed by atoms with Gasteiger partial charge in [-0.25, -0.2) is 0 Å². The summed E-state index contributed by atoms with van der Waals surface area (Å²) in [5.74, 6) is 0. The molecule has 0 aromatic carbocycles. The van der Waals surface area contributed by atoms with Crippen LogP contribution in [0.15, 0.2) is 0 Å². The van der Waals surface area contributed by atoms with Gasteiger partial charge in [-0.3, -0.25) is 0 Å². The predicted molar refractivity (Wildman–Crippen MR) is 68.5 cm³/mol. The fraction of sp³-hybridized carbons (Fsp3) is 1.00. The summed E-state index contributed by atoms with van der Waals surface area (Å²) in [5, 5.41) is 30.6. The number of hydrogen-bond donors (Lipinski definition) is 4. The van der Waals surface area contributed by atoms with Crippen molar-refractivity contribution in [2.24, 2.45) is 0 Å². The fourth-order valence-electron chi connectivity index (χ4n) is 1.15. The first-order valence-corrected chi connectivity index (χ1v) is 6.27. The zero-order valence-corrected chi connectivity index (χ0v) is 11.6. The SMILES string of the molecule is CC(C)OCCOCC(O)CNC(C)(CO)CO. The van der Waals surface area contributed by atoms with Crippen LogP contribution in [0, 0.1) is 0 Å². The lowest BCUT2D eigenvalue weighted by molar-refractivity contribution is -0.0136. The Kier molecular flexibility index (Phi) is 9.53. The molecule has 0 rings (SSSR count). The molecule has 0 aromatic heterocycles. The summed E-state index contributed by atoms with van der Waals surface area (Å²) in [6.45, 7) is 6.57. The van der Waals surface area contributed by atoms with E-state index >= 15 is 0 Å². The van der Waals surface area contributed by atoms with Crippen molar-refractivity contribution in [1.82, 2.24) is 5.32 Å². The Morgan fingerprint density at radius 3 is 2.28 bits per heavy atom. The van der Waals surface area contributed by atoms with Crippen LogP contribution in [0.5, 0.6) is 0 Å². The molecule has 1 unspecified atom stereocenters. The summed E-state index contributed by atoms with van der Waals surface area (Å²) < 4.78 is 10.5. The quantitative estimate of drug-likeness (QED) is 0.363. The lowest BCUT2D eigenvalue weighted by Crippen LogP contribution is -2.52. The van der Waals surface area contributed by atoms with Crippen molar-refractivity contribution in [3.8, 4) is 0 Å². The van der Waals surface area contributed by atoms with Gasteiger partial charge < -0.3 is 30.1 Å². The highest BCUT2D eigenvalue weighted by Gasteiger charge is 2.22. The van der Waals surface area contributed by atoms with E-state index in [-0.39, 0.29) is 32.5 Å². The molecule has 0 saturated heterocycles. The largest absolute Gasteiger partial charge is 0.394 e. The summed E-state index contributed by atoms with van der Waals surface area (Å²) in [6.07, 6.45) is -0.503. The van der Waals surface area contributed by atoms with Gasteiger partial charge >= 0.3 is 0 Å². The molecule has 18 heavy (non-hydrogen) atoms. The molecule has 0 fully saturated rings. The lowest BCUT2D eigenvalue weighted by atomic mass is 10.1. The predicted octanol–water partition coefficient (Wildman–Crippen LogP) is -0.878. The summed E-state index contributed by atoms with van der Waals surface area (Å²) in [5.41, 5.74) is -0.776. The highest BCUT2D eigenvalue weighted by Crippen LogP contribution is 2.00. The molecule has 0 heterocycles. The monoisotopic (exact) mass is 265 g/mol. The first-order valence-electron chi connectivity index (χ1n) is 6.27. The van der Waals surface area contributed by atoms with Crippen LogP contribution < -0.4 is 5.32 Å². The van der Waals surface area contributed by atoms with Crippen LogP contribution in [0.25, 0.3) is 0 Å². The highest BCUT2D eigenvalue weighted by molar-refractivity contribution is 4.82. The highest BCUT2D eigenvalue weighted by atomic mass is 16.5. The summed E-state index contributed by atoms with van der Waals surface area (Å²) >= 11 is 0. The van der Waals surface area contributed by atoms with E-state index in [1.54, 1.807) is 6.92 Å². The van der Waals surface area contributed by atoms with Crippen LogP contribution in [0.3, 0.4) is 0 Å². The van der Waals surface area contributed by atoms with Gasteiger partial charge in [-0.2, -0.15) is 0 Å². The second kappa shape index (κ2) is 9.66. The van der Waals surface area contributed by atoms with Gasteiger partial charge in [0.05, 0.1) is 50.8 Å². The average Bonchev–Trinajstić information content (AvgIpc) is 2.35. The molecule has 0 saturated carbocycles. The molecule has 4 N–H and O–H groups in total. The molecular weight excluding hydrogens is 238 g/mol. The molecule has 0 spiro atoms. The fourth-order valence-corrected chi connectivity index (χ4v) is 1.15. The molecule has 0 aliphatic heterocycles. The van der Waals surface area contributed by atoms with Crippen LogP contribution in [-0.2, 0) is 9.47 Å². The number of hydrogen-bond acceptors (Lipinski definition) is 6. The third-order valence-electron chi connectivity index (χ3n) is 2.45. The van der Waals surface area contributed by atoms with Crippen molar-refractivity contribution in [3.63, 3.8) is 0 Å². The van der Waals surface area contributed by atoms with Gasteiger partial charge in [0.1, 0.15) is 0 Å². The van der Waals surface area contributed by atoms with Crippen molar-refractivity contribution in [2.45, 2.75) is 38.5 Å². The number of aliphatic hydroxyl groups is 3. The molecule has 0 aliphatic carbocycles. The Balaban J connectivity index is 3.56. The Morgan fingerprint density at radius 1 is 1.17 bits per heavy atom. The van der Waals surface area contributed by atoms with Crippen LogP contribution in [0.2, 0.25) is 0 Å². The van der Waals surface area contributed by atoms with Crippen LogP contribution in [-0.4, -0.2) is 72.6 Å². The second-order valence-electron chi connectivity index (χ2n) is 4.91. The van der Waals surface area contributed by atoms with Crippen LogP contribution in [0.4, 0.5) is 0 Å². The van der Waals surface area contributed by atoms with E-state index in [0.29, 0.717) is 13.2 Å². The van der Waals surface area contributed by atoms with Gasteiger partial charge in [0, 0.05) is 6.54 Å². The van der Waals surface area contributed by atoms with E-state index < -0.39 is 11.6 Å². The molecule has 110 valence electrons. The first kappa shape index (κ1) is 17.8. The molecule has 0 amide bonds. The smallest absolute Gasteiger partial charge is 0.0897 e. The van der Waals surface area contributed by atoms with Gasteiger partial charge in [0.2, 0.25) is 0 Å². The molecule has 6 nitrogen and oxygen atoms in total. The van der Waals surface area contributed by atoms with Crippen LogP contribution in [0.1, 0.15) is 20.8 Å². The van der Waals surface area contributed by atoms with Gasteiger partial charge in [-0.05, 0) is 20.8 Å². The first-order chi connectivity index (χ1) is 8.43. The van der Waals surface area contributed by atoms with Crippen molar-refractivity contribution in [1.29, 1.82) is 0 Å². The third-order valence-corrected chi connectivity index (χ3v) is 2.45. The summed E-state index contributed by atoms with van der Waals surface area (Å²) in [4.78, 5) is 0. The standard InChI is InChI=1S/C12H27NO5/c1-10(2)18-5-4-17-7-11(16)6-13-12(3,8-14)9-15/h10-11,13-16H,4-9H2,1-3H3. The van der Waals surface area contributed by atoms with Crippen molar-refractivity contribution in [3.05, 3.63) is 0 Å². The molecule has 0 aliphatic rings. The Bertz CT molecular complexity index is 197. The molecule has 1 atom stereocenters. The molecule has 0 radical (unpaired) electrons. The topological polar surface area (TPSA) is 91.2 Å². The van der Waals surface area contributed by atoms with E-state index in [4.69, 9.17) is 19.7 Å². The lowest BCUT2D eigenvalue weighted by Gasteiger charge is -2.27. The maximum absolute atomic E-state index is 9.62. The maximum Gasteiger partial charge on any atom is 0.0897 e. The number of rotatable bonds is 11. The van der Waals surface area contributed by atoms with Gasteiger partial charge in [-0.15, -0.1) is 0 Å². The van der Waals surface area contributed by atoms with E-state index in [9.17, 15) is 5.11 Å². The van der Waals surface area contributed by atoms with Crippen LogP contribution >= 0.6 is 0 Å². The second-order valence-corrected chi connectivity index (χ2v) is 4.91. The number of β-amino-alcohol motifs (C(OH)–C–C–N with tert-alkyl or cyclic N) is 1. The van der Waals surface area contributed by atoms with E-state index in [2.05, 4.69) is 5.32 Å².